The molecule has 0 bridgehead atoms. The highest BCUT2D eigenvalue weighted by atomic mass is 16.5. The molecule has 0 saturated carbocycles. The third-order valence-corrected chi connectivity index (χ3v) is 3.48. The number of nitrogens with one attached hydrogen (secondary N) is 1. The van der Waals surface area contributed by atoms with Gasteiger partial charge in [-0.05, 0) is 23.8 Å². The van der Waals surface area contributed by atoms with Crippen molar-refractivity contribution in [1.82, 2.24) is 0 Å². The number of hydrogen-bond donors (Lipinski definition) is 2. The fourth-order valence-corrected chi connectivity index (χ4v) is 2.36. The van der Waals surface area contributed by atoms with Crippen LogP contribution in [0.25, 0.3) is 11.1 Å². The fourth-order valence-electron chi connectivity index (χ4n) is 2.36. The van der Waals surface area contributed by atoms with E-state index in [1.807, 2.05) is 36.4 Å². The molecule has 1 atom stereocenters. The van der Waals surface area contributed by atoms with Crippen LogP contribution in [0.5, 0.6) is 11.5 Å². The fraction of sp³-hybridized carbons (Fsp3) is 0.250. The molecule has 0 aromatic heterocycles. The Hall–Kier alpha value is -2.20. The van der Waals surface area contributed by atoms with Gasteiger partial charge >= 0.3 is 0 Å². The normalized spacial score (nSPS) is 16.8. The number of ether oxygens (including phenoxy) is 2. The number of hydrogen-bond acceptors (Lipinski definition) is 4. The summed E-state index contributed by atoms with van der Waals surface area (Å²) in [7, 11) is 1.66. The second-order valence-electron chi connectivity index (χ2n) is 4.77. The van der Waals surface area contributed by atoms with E-state index in [9.17, 15) is 0 Å². The first-order chi connectivity index (χ1) is 9.81. The van der Waals surface area contributed by atoms with Crippen LogP contribution in [0.2, 0.25) is 0 Å². The van der Waals surface area contributed by atoms with E-state index in [1.54, 1.807) is 7.11 Å². The summed E-state index contributed by atoms with van der Waals surface area (Å²) in [6.07, 6.45) is 0.0156. The van der Waals surface area contributed by atoms with Crippen LogP contribution in [-0.2, 0) is 0 Å². The molecule has 2 aromatic rings. The number of nitrogens with two attached hydrogens (primary N) is 1. The molecular formula is C16H18N2O2. The summed E-state index contributed by atoms with van der Waals surface area (Å²) < 4.78 is 11.2. The molecule has 1 aliphatic heterocycles. The Balaban J connectivity index is 2.01. The quantitative estimate of drug-likeness (QED) is 0.899. The molecule has 0 aliphatic carbocycles. The highest BCUT2D eigenvalue weighted by Crippen LogP contribution is 2.39. The molecule has 20 heavy (non-hydrogen) atoms. The van der Waals surface area contributed by atoms with E-state index in [2.05, 4.69) is 11.4 Å². The average molecular weight is 270 g/mol. The summed E-state index contributed by atoms with van der Waals surface area (Å²) in [6, 6.07) is 14.1. The number of benzene rings is 2. The summed E-state index contributed by atoms with van der Waals surface area (Å²) in [5, 5.41) is 3.37. The van der Waals surface area contributed by atoms with Crippen molar-refractivity contribution in [2.75, 3.05) is 25.5 Å². The topological polar surface area (TPSA) is 56.5 Å². The lowest BCUT2D eigenvalue weighted by Gasteiger charge is -2.28. The first-order valence-corrected chi connectivity index (χ1v) is 6.70. The predicted octanol–water partition coefficient (Wildman–Crippen LogP) is 2.49. The van der Waals surface area contributed by atoms with Gasteiger partial charge in [-0.15, -0.1) is 0 Å². The van der Waals surface area contributed by atoms with Gasteiger partial charge in [0.2, 0.25) is 0 Å². The van der Waals surface area contributed by atoms with E-state index in [1.165, 1.54) is 0 Å². The summed E-state index contributed by atoms with van der Waals surface area (Å²) in [5.74, 6) is 1.72. The molecule has 0 spiro atoms. The van der Waals surface area contributed by atoms with Gasteiger partial charge in [0.25, 0.3) is 0 Å². The van der Waals surface area contributed by atoms with E-state index < -0.39 is 0 Å². The lowest BCUT2D eigenvalue weighted by atomic mass is 10.0. The van der Waals surface area contributed by atoms with Crippen molar-refractivity contribution in [3.63, 3.8) is 0 Å². The first kappa shape index (κ1) is 12.8. The van der Waals surface area contributed by atoms with Crippen LogP contribution in [0.3, 0.4) is 0 Å². The van der Waals surface area contributed by atoms with Crippen molar-refractivity contribution in [2.45, 2.75) is 6.10 Å². The molecule has 1 heterocycles. The molecule has 1 aliphatic rings. The Morgan fingerprint density at radius 2 is 2.05 bits per heavy atom. The zero-order chi connectivity index (χ0) is 13.9. The van der Waals surface area contributed by atoms with Crippen LogP contribution in [0, 0.1) is 0 Å². The second-order valence-corrected chi connectivity index (χ2v) is 4.77. The SMILES string of the molecule is COc1ccc(-c2cccc3c2OC(CN)CN3)cc1. The van der Waals surface area contributed by atoms with Gasteiger partial charge in [-0.3, -0.25) is 0 Å². The van der Waals surface area contributed by atoms with Crippen molar-refractivity contribution < 1.29 is 9.47 Å². The Kier molecular flexibility index (Phi) is 3.48. The number of para-hydroxylation sites is 1. The molecule has 0 saturated heterocycles. The van der Waals surface area contributed by atoms with Gasteiger partial charge in [0.05, 0.1) is 19.3 Å². The molecule has 2 aromatic carbocycles. The zero-order valence-electron chi connectivity index (χ0n) is 11.4. The number of methoxy groups -OCH3 is 1. The third kappa shape index (κ3) is 2.30. The summed E-state index contributed by atoms with van der Waals surface area (Å²) >= 11 is 0. The summed E-state index contributed by atoms with van der Waals surface area (Å²) in [6.45, 7) is 1.25. The smallest absolute Gasteiger partial charge is 0.150 e. The largest absolute Gasteiger partial charge is 0.497 e. The Morgan fingerprint density at radius 3 is 2.75 bits per heavy atom. The molecule has 4 heteroatoms. The molecule has 4 nitrogen and oxygen atoms in total. The van der Waals surface area contributed by atoms with Crippen LogP contribution in [0.1, 0.15) is 0 Å². The zero-order valence-corrected chi connectivity index (χ0v) is 11.4. The van der Waals surface area contributed by atoms with Gasteiger partial charge in [0, 0.05) is 12.1 Å². The van der Waals surface area contributed by atoms with Gasteiger partial charge in [-0.2, -0.15) is 0 Å². The van der Waals surface area contributed by atoms with Crippen LogP contribution in [0.15, 0.2) is 42.5 Å². The van der Waals surface area contributed by atoms with Gasteiger partial charge in [0.15, 0.2) is 5.75 Å². The van der Waals surface area contributed by atoms with Crippen molar-refractivity contribution in [3.05, 3.63) is 42.5 Å². The maximum Gasteiger partial charge on any atom is 0.150 e. The first-order valence-electron chi connectivity index (χ1n) is 6.70. The van der Waals surface area contributed by atoms with Crippen LogP contribution < -0.4 is 20.5 Å². The van der Waals surface area contributed by atoms with Crippen LogP contribution in [0.4, 0.5) is 5.69 Å². The molecule has 104 valence electrons. The Bertz CT molecular complexity index is 596. The lowest BCUT2D eigenvalue weighted by Crippen LogP contribution is -2.37. The summed E-state index contributed by atoms with van der Waals surface area (Å²) in [5.41, 5.74) is 8.89. The molecule has 0 fully saturated rings. The van der Waals surface area contributed by atoms with E-state index in [4.69, 9.17) is 15.2 Å². The standard InChI is InChI=1S/C16H18N2O2/c1-19-12-7-5-11(6-8-12)14-3-2-4-15-16(14)20-13(9-17)10-18-15/h2-8,13,18H,9-10,17H2,1H3. The minimum atomic E-state index is 0.0156. The molecule has 3 N–H and O–H groups in total. The number of rotatable bonds is 3. The van der Waals surface area contributed by atoms with Crippen molar-refractivity contribution in [2.24, 2.45) is 5.73 Å². The van der Waals surface area contributed by atoms with Crippen LogP contribution >= 0.6 is 0 Å². The highest BCUT2D eigenvalue weighted by molar-refractivity contribution is 5.79. The van der Waals surface area contributed by atoms with E-state index in [-0.39, 0.29) is 6.10 Å². The Morgan fingerprint density at radius 1 is 1.25 bits per heavy atom. The highest BCUT2D eigenvalue weighted by Gasteiger charge is 2.21. The second kappa shape index (κ2) is 5.43. The van der Waals surface area contributed by atoms with Crippen molar-refractivity contribution >= 4 is 5.69 Å². The van der Waals surface area contributed by atoms with E-state index in [0.717, 1.165) is 34.9 Å². The van der Waals surface area contributed by atoms with Gasteiger partial charge in [0.1, 0.15) is 11.9 Å². The Labute approximate surface area is 118 Å². The minimum absolute atomic E-state index is 0.0156. The molecule has 1 unspecified atom stereocenters. The van der Waals surface area contributed by atoms with Crippen molar-refractivity contribution in [3.8, 4) is 22.6 Å². The third-order valence-electron chi connectivity index (χ3n) is 3.48. The van der Waals surface area contributed by atoms with Gasteiger partial charge < -0.3 is 20.5 Å². The average Bonchev–Trinajstić information content (AvgIpc) is 2.54. The van der Waals surface area contributed by atoms with Gasteiger partial charge in [-0.25, -0.2) is 0 Å². The monoisotopic (exact) mass is 270 g/mol. The number of anilines is 1. The van der Waals surface area contributed by atoms with Crippen molar-refractivity contribution in [1.29, 1.82) is 0 Å². The maximum absolute atomic E-state index is 6.00. The minimum Gasteiger partial charge on any atom is -0.497 e. The molecular weight excluding hydrogens is 252 g/mol. The summed E-state index contributed by atoms with van der Waals surface area (Å²) in [4.78, 5) is 0. The molecule has 3 rings (SSSR count). The molecule has 0 amide bonds. The van der Waals surface area contributed by atoms with E-state index in [0.29, 0.717) is 6.54 Å². The van der Waals surface area contributed by atoms with E-state index >= 15 is 0 Å². The number of fused-ring (bicyclic) bond motifs is 1. The van der Waals surface area contributed by atoms with Gasteiger partial charge in [-0.1, -0.05) is 24.3 Å². The lowest BCUT2D eigenvalue weighted by molar-refractivity contribution is 0.215. The predicted molar refractivity (Wildman–Crippen MR) is 80.4 cm³/mol. The molecule has 0 radical (unpaired) electrons. The maximum atomic E-state index is 6.00. The van der Waals surface area contributed by atoms with Crippen LogP contribution in [-0.4, -0.2) is 26.3 Å².